The quantitative estimate of drug-likeness (QED) is 0.385. The molecule has 0 unspecified atom stereocenters. The third-order valence-electron chi connectivity index (χ3n) is 7.19. The van der Waals surface area contributed by atoms with Crippen LogP contribution in [0, 0.1) is 25.5 Å². The number of benzene rings is 1. The van der Waals surface area contributed by atoms with Crippen LogP contribution in [-0.4, -0.2) is 67.6 Å². The van der Waals surface area contributed by atoms with Crippen LogP contribution in [0.1, 0.15) is 11.1 Å². The van der Waals surface area contributed by atoms with Crippen molar-refractivity contribution in [1.29, 1.82) is 0 Å². The molecule has 39 heavy (non-hydrogen) atoms. The SMILES string of the molecule is Cc1cncc(-c2nc3cc(F)cc(F)c3c(Nc3cc(N4CCOCC4)cnc3N3CCOCC3)c2C)c1. The molecule has 1 N–H and O–H groups in total. The van der Waals surface area contributed by atoms with E-state index in [2.05, 4.69) is 25.1 Å². The van der Waals surface area contributed by atoms with Crippen molar-refractivity contribution in [3.63, 3.8) is 0 Å². The largest absolute Gasteiger partial charge is 0.378 e. The number of hydrogen-bond acceptors (Lipinski definition) is 8. The van der Waals surface area contributed by atoms with Crippen LogP contribution in [-0.2, 0) is 9.47 Å². The molecule has 2 fully saturated rings. The standard InChI is InChI=1S/C29H30F2N6O2/c1-18-11-20(16-32-15-18)27-19(2)28(26-23(31)12-21(30)13-24(26)34-27)35-25-14-22(36-3-7-38-8-4-36)17-33-29(25)37-5-9-39-10-6-37/h11-17H,3-10H2,1-2H3,(H,34,35). The number of halogens is 2. The molecular weight excluding hydrogens is 502 g/mol. The lowest BCUT2D eigenvalue weighted by atomic mass is 10.0. The third-order valence-corrected chi connectivity index (χ3v) is 7.19. The van der Waals surface area contributed by atoms with Gasteiger partial charge in [-0.05, 0) is 37.1 Å². The van der Waals surface area contributed by atoms with Crippen LogP contribution < -0.4 is 15.1 Å². The van der Waals surface area contributed by atoms with E-state index in [0.29, 0.717) is 50.9 Å². The highest BCUT2D eigenvalue weighted by molar-refractivity contribution is 5.99. The van der Waals surface area contributed by atoms with Crippen LogP contribution in [0.5, 0.6) is 0 Å². The van der Waals surface area contributed by atoms with Crippen molar-refractivity contribution in [2.75, 3.05) is 67.7 Å². The summed E-state index contributed by atoms with van der Waals surface area (Å²) < 4.78 is 40.9. The second kappa shape index (κ2) is 10.7. The highest BCUT2D eigenvalue weighted by Crippen LogP contribution is 2.39. The first-order valence-corrected chi connectivity index (χ1v) is 13.1. The average molecular weight is 533 g/mol. The second-order valence-corrected chi connectivity index (χ2v) is 9.88. The molecule has 1 aromatic carbocycles. The third kappa shape index (κ3) is 5.09. The molecule has 2 aliphatic heterocycles. The van der Waals surface area contributed by atoms with Gasteiger partial charge < -0.3 is 24.6 Å². The van der Waals surface area contributed by atoms with Gasteiger partial charge in [0.25, 0.3) is 0 Å². The number of ether oxygens (including phenoxy) is 2. The summed E-state index contributed by atoms with van der Waals surface area (Å²) in [6.45, 7) is 9.22. The van der Waals surface area contributed by atoms with Crippen molar-refractivity contribution in [3.8, 4) is 11.3 Å². The van der Waals surface area contributed by atoms with Crippen molar-refractivity contribution in [1.82, 2.24) is 15.0 Å². The molecule has 0 radical (unpaired) electrons. The van der Waals surface area contributed by atoms with E-state index in [0.717, 1.165) is 53.0 Å². The highest BCUT2D eigenvalue weighted by atomic mass is 19.1. The normalized spacial score (nSPS) is 16.1. The molecule has 0 aliphatic carbocycles. The Morgan fingerprint density at radius 3 is 2.28 bits per heavy atom. The van der Waals surface area contributed by atoms with Crippen molar-refractivity contribution >= 4 is 33.8 Å². The molecule has 0 bridgehead atoms. The minimum atomic E-state index is -0.680. The lowest BCUT2D eigenvalue weighted by Gasteiger charge is -2.32. The van der Waals surface area contributed by atoms with Gasteiger partial charge >= 0.3 is 0 Å². The van der Waals surface area contributed by atoms with Gasteiger partial charge in [-0.2, -0.15) is 0 Å². The monoisotopic (exact) mass is 532 g/mol. The predicted octanol–water partition coefficient (Wildman–Crippen LogP) is 5.00. The summed E-state index contributed by atoms with van der Waals surface area (Å²) in [5.41, 5.74) is 5.49. The maximum Gasteiger partial charge on any atom is 0.152 e. The van der Waals surface area contributed by atoms with Gasteiger partial charge in [0.1, 0.15) is 11.6 Å². The van der Waals surface area contributed by atoms with Gasteiger partial charge in [-0.1, -0.05) is 0 Å². The summed E-state index contributed by atoms with van der Waals surface area (Å²) in [4.78, 5) is 18.2. The Kier molecular flexibility index (Phi) is 6.97. The van der Waals surface area contributed by atoms with Gasteiger partial charge in [-0.15, -0.1) is 0 Å². The maximum atomic E-state index is 15.4. The number of morpholine rings is 2. The molecule has 5 heterocycles. The fourth-order valence-corrected chi connectivity index (χ4v) is 5.22. The summed E-state index contributed by atoms with van der Waals surface area (Å²) >= 11 is 0. The van der Waals surface area contributed by atoms with Crippen molar-refractivity contribution in [2.24, 2.45) is 0 Å². The number of hydrogen-bond donors (Lipinski definition) is 1. The minimum Gasteiger partial charge on any atom is -0.378 e. The zero-order chi connectivity index (χ0) is 26.9. The molecule has 0 atom stereocenters. The second-order valence-electron chi connectivity index (χ2n) is 9.88. The number of aryl methyl sites for hydroxylation is 1. The highest BCUT2D eigenvalue weighted by Gasteiger charge is 2.23. The number of anilines is 4. The molecule has 2 aliphatic rings. The van der Waals surface area contributed by atoms with Gasteiger partial charge in [0, 0.05) is 56.3 Å². The van der Waals surface area contributed by atoms with E-state index in [9.17, 15) is 4.39 Å². The van der Waals surface area contributed by atoms with Crippen LogP contribution in [0.2, 0.25) is 0 Å². The van der Waals surface area contributed by atoms with Gasteiger partial charge in [0.2, 0.25) is 0 Å². The summed E-state index contributed by atoms with van der Waals surface area (Å²) in [5.74, 6) is -0.608. The minimum absolute atomic E-state index is 0.224. The molecule has 4 aromatic rings. The maximum absolute atomic E-state index is 15.4. The van der Waals surface area contributed by atoms with E-state index in [1.807, 2.05) is 32.2 Å². The van der Waals surface area contributed by atoms with Crippen LogP contribution in [0.25, 0.3) is 22.2 Å². The van der Waals surface area contributed by atoms with Crippen molar-refractivity contribution in [3.05, 3.63) is 65.6 Å². The van der Waals surface area contributed by atoms with Gasteiger partial charge in [0.15, 0.2) is 5.82 Å². The molecule has 2 saturated heterocycles. The average Bonchev–Trinajstić information content (AvgIpc) is 2.95. The van der Waals surface area contributed by atoms with Crippen LogP contribution in [0.4, 0.5) is 31.7 Å². The first-order valence-electron chi connectivity index (χ1n) is 13.1. The first kappa shape index (κ1) is 25.4. The van der Waals surface area contributed by atoms with E-state index >= 15 is 4.39 Å². The Hall–Kier alpha value is -3.89. The summed E-state index contributed by atoms with van der Waals surface area (Å²) in [6, 6.07) is 6.17. The molecule has 8 nitrogen and oxygen atoms in total. The molecule has 6 rings (SSSR count). The molecule has 0 saturated carbocycles. The molecular formula is C29H30F2N6O2. The lowest BCUT2D eigenvalue weighted by Crippen LogP contribution is -2.38. The number of fused-ring (bicyclic) bond motifs is 1. The number of aromatic nitrogens is 3. The lowest BCUT2D eigenvalue weighted by molar-refractivity contribution is 0.122. The Morgan fingerprint density at radius 1 is 0.846 bits per heavy atom. The summed E-state index contributed by atoms with van der Waals surface area (Å²) in [6.07, 6.45) is 5.35. The zero-order valence-corrected chi connectivity index (χ0v) is 22.0. The molecule has 0 spiro atoms. The predicted molar refractivity (Wildman–Crippen MR) is 148 cm³/mol. The first-order chi connectivity index (χ1) is 19.0. The van der Waals surface area contributed by atoms with Crippen molar-refractivity contribution in [2.45, 2.75) is 13.8 Å². The van der Waals surface area contributed by atoms with Gasteiger partial charge in [-0.25, -0.2) is 18.7 Å². The number of pyridine rings is 3. The smallest absolute Gasteiger partial charge is 0.152 e. The molecule has 0 amide bonds. The van der Waals surface area contributed by atoms with E-state index in [-0.39, 0.29) is 10.9 Å². The number of nitrogens with one attached hydrogen (secondary N) is 1. The summed E-state index contributed by atoms with van der Waals surface area (Å²) in [7, 11) is 0. The van der Waals surface area contributed by atoms with Crippen LogP contribution in [0.3, 0.4) is 0 Å². The summed E-state index contributed by atoms with van der Waals surface area (Å²) in [5, 5.41) is 3.74. The fourth-order valence-electron chi connectivity index (χ4n) is 5.22. The Labute approximate surface area is 225 Å². The number of nitrogens with zero attached hydrogens (tertiary/aromatic N) is 5. The topological polar surface area (TPSA) is 75.6 Å². The van der Waals surface area contributed by atoms with E-state index in [1.165, 1.54) is 6.07 Å². The fraction of sp³-hybridized carbons (Fsp3) is 0.345. The Balaban J connectivity index is 1.53. The van der Waals surface area contributed by atoms with Crippen LogP contribution >= 0.6 is 0 Å². The van der Waals surface area contributed by atoms with Gasteiger partial charge in [0.05, 0.1) is 66.3 Å². The Bertz CT molecular complexity index is 1520. The van der Waals surface area contributed by atoms with Gasteiger partial charge in [-0.3, -0.25) is 4.98 Å². The molecule has 3 aromatic heterocycles. The van der Waals surface area contributed by atoms with Crippen molar-refractivity contribution < 1.29 is 18.3 Å². The van der Waals surface area contributed by atoms with E-state index in [4.69, 9.17) is 14.5 Å². The number of rotatable bonds is 5. The Morgan fingerprint density at radius 2 is 1.56 bits per heavy atom. The van der Waals surface area contributed by atoms with E-state index in [1.54, 1.807) is 12.4 Å². The van der Waals surface area contributed by atoms with E-state index < -0.39 is 11.6 Å². The molecule has 202 valence electrons. The zero-order valence-electron chi connectivity index (χ0n) is 22.0. The molecule has 10 heteroatoms. The van der Waals surface area contributed by atoms with Crippen LogP contribution in [0.15, 0.2) is 42.9 Å².